The maximum atomic E-state index is 10.9. The second kappa shape index (κ2) is 15.6. The minimum absolute atomic E-state index is 0.172. The standard InChI is InChI=1S/C12H9ClN2O2.C8H9BO4.C4H2Cl2N2/c1-17-11-3-2-8(6-9(11)7-16)10-4-5-14-12(13)15-10;1-13-8-3-2-7(9(11)12)4-6(8)5-10;5-3-1-2-7-4(6)8-3/h2-7H,1H3;2-5,11-12H,1H3;1-2H. The number of nitrogens with zero attached hydrogens (tertiary/aromatic N) is 4. The Morgan fingerprint density at radius 1 is 0.763 bits per heavy atom. The van der Waals surface area contributed by atoms with E-state index in [0.29, 0.717) is 39.8 Å². The van der Waals surface area contributed by atoms with Crippen molar-refractivity contribution >= 4 is 60.0 Å². The molecule has 2 aromatic carbocycles. The van der Waals surface area contributed by atoms with Gasteiger partial charge < -0.3 is 19.5 Å². The average molecular weight is 578 g/mol. The molecule has 196 valence electrons. The quantitative estimate of drug-likeness (QED) is 0.151. The van der Waals surface area contributed by atoms with Crippen LogP contribution in [0.15, 0.2) is 60.9 Å². The van der Waals surface area contributed by atoms with E-state index >= 15 is 0 Å². The first-order valence-electron chi connectivity index (χ1n) is 10.5. The van der Waals surface area contributed by atoms with Crippen molar-refractivity contribution in [3.63, 3.8) is 0 Å². The lowest BCUT2D eigenvalue weighted by Gasteiger charge is -2.06. The van der Waals surface area contributed by atoms with Gasteiger partial charge in [0, 0.05) is 18.0 Å². The van der Waals surface area contributed by atoms with Crippen molar-refractivity contribution in [3.8, 4) is 22.8 Å². The monoisotopic (exact) mass is 576 g/mol. The molecule has 0 saturated heterocycles. The van der Waals surface area contributed by atoms with Gasteiger partial charge in [-0.15, -0.1) is 0 Å². The summed E-state index contributed by atoms with van der Waals surface area (Å²) in [5.41, 5.74) is 2.49. The molecule has 0 amide bonds. The molecule has 0 saturated carbocycles. The van der Waals surface area contributed by atoms with Gasteiger partial charge in [-0.05, 0) is 71.1 Å². The first kappa shape index (κ1) is 30.6. The maximum absolute atomic E-state index is 10.9. The summed E-state index contributed by atoms with van der Waals surface area (Å²) >= 11 is 16.5. The number of aromatic nitrogens is 4. The number of methoxy groups -OCH3 is 2. The van der Waals surface area contributed by atoms with E-state index < -0.39 is 7.12 Å². The molecule has 0 spiro atoms. The molecule has 0 aliphatic carbocycles. The molecule has 10 nitrogen and oxygen atoms in total. The van der Waals surface area contributed by atoms with Gasteiger partial charge in [0.1, 0.15) is 16.7 Å². The van der Waals surface area contributed by atoms with Crippen LogP contribution in [0.4, 0.5) is 0 Å². The summed E-state index contributed by atoms with van der Waals surface area (Å²) < 4.78 is 9.94. The summed E-state index contributed by atoms with van der Waals surface area (Å²) in [7, 11) is 1.39. The van der Waals surface area contributed by atoms with Gasteiger partial charge in [0.25, 0.3) is 0 Å². The Kier molecular flexibility index (Phi) is 12.6. The van der Waals surface area contributed by atoms with Crippen molar-refractivity contribution in [3.05, 3.63) is 87.8 Å². The van der Waals surface area contributed by atoms with E-state index in [1.54, 1.807) is 30.5 Å². The second-order valence-corrected chi connectivity index (χ2v) is 7.99. The molecular formula is C24H20BCl3N4O6. The first-order chi connectivity index (χ1) is 18.2. The number of carbonyl (C=O) groups is 2. The number of halogens is 3. The number of ether oxygens (including phenoxy) is 2. The summed E-state index contributed by atoms with van der Waals surface area (Å²) in [6.45, 7) is 0. The van der Waals surface area contributed by atoms with E-state index in [1.807, 2.05) is 6.07 Å². The maximum Gasteiger partial charge on any atom is 0.488 e. The molecule has 0 aliphatic heterocycles. The van der Waals surface area contributed by atoms with Crippen LogP contribution in [-0.2, 0) is 0 Å². The fourth-order valence-corrected chi connectivity index (χ4v) is 3.28. The van der Waals surface area contributed by atoms with Crippen LogP contribution >= 0.6 is 34.8 Å². The number of hydrogen-bond donors (Lipinski definition) is 2. The Labute approximate surface area is 233 Å². The Morgan fingerprint density at radius 3 is 1.79 bits per heavy atom. The smallest absolute Gasteiger partial charge is 0.488 e. The SMILES string of the molecule is COc1ccc(-c2ccnc(Cl)n2)cc1C=O.COc1ccc(B(O)O)cc1C=O.Clc1ccnc(Cl)n1. The molecule has 38 heavy (non-hydrogen) atoms. The molecule has 0 unspecified atom stereocenters. The first-order valence-corrected chi connectivity index (χ1v) is 11.6. The lowest BCUT2D eigenvalue weighted by atomic mass is 9.79. The van der Waals surface area contributed by atoms with Gasteiger partial charge >= 0.3 is 7.12 Å². The van der Waals surface area contributed by atoms with E-state index in [9.17, 15) is 9.59 Å². The van der Waals surface area contributed by atoms with E-state index in [1.165, 1.54) is 38.6 Å². The van der Waals surface area contributed by atoms with Crippen molar-refractivity contribution in [2.45, 2.75) is 0 Å². The van der Waals surface area contributed by atoms with Gasteiger partial charge in [-0.25, -0.2) is 19.9 Å². The fraction of sp³-hybridized carbons (Fsp3) is 0.0833. The van der Waals surface area contributed by atoms with Crippen LogP contribution in [0, 0.1) is 0 Å². The van der Waals surface area contributed by atoms with Crippen LogP contribution in [-0.4, -0.2) is 63.9 Å². The largest absolute Gasteiger partial charge is 0.496 e. The van der Waals surface area contributed by atoms with Crippen LogP contribution in [0.2, 0.25) is 15.7 Å². The van der Waals surface area contributed by atoms with Crippen molar-refractivity contribution in [2.75, 3.05) is 14.2 Å². The van der Waals surface area contributed by atoms with E-state index in [4.69, 9.17) is 54.3 Å². The number of rotatable bonds is 6. The van der Waals surface area contributed by atoms with Gasteiger partial charge in [0.05, 0.1) is 31.0 Å². The summed E-state index contributed by atoms with van der Waals surface area (Å²) in [5.74, 6) is 0.948. The van der Waals surface area contributed by atoms with Crippen LogP contribution in [0.1, 0.15) is 20.7 Å². The predicted molar refractivity (Wildman–Crippen MR) is 145 cm³/mol. The number of hydrogen-bond acceptors (Lipinski definition) is 10. The van der Waals surface area contributed by atoms with E-state index in [-0.39, 0.29) is 16.0 Å². The zero-order chi connectivity index (χ0) is 28.1. The van der Waals surface area contributed by atoms with Crippen molar-refractivity contribution in [2.24, 2.45) is 0 Å². The Morgan fingerprint density at radius 2 is 1.32 bits per heavy atom. The Hall–Kier alpha value is -3.61. The molecule has 0 fully saturated rings. The van der Waals surface area contributed by atoms with Crippen LogP contribution in [0.25, 0.3) is 11.3 Å². The zero-order valence-electron chi connectivity index (χ0n) is 20.0. The Bertz CT molecular complexity index is 1360. The summed E-state index contributed by atoms with van der Waals surface area (Å²) in [6, 6.07) is 12.9. The van der Waals surface area contributed by atoms with Crippen LogP contribution in [0.5, 0.6) is 11.5 Å². The van der Waals surface area contributed by atoms with Gasteiger partial charge in [-0.1, -0.05) is 17.7 Å². The number of carbonyl (C=O) groups excluding carboxylic acids is 2. The molecule has 2 heterocycles. The van der Waals surface area contributed by atoms with E-state index in [2.05, 4.69) is 19.9 Å². The highest BCUT2D eigenvalue weighted by Crippen LogP contribution is 2.24. The van der Waals surface area contributed by atoms with Gasteiger partial charge in [0.2, 0.25) is 10.6 Å². The molecule has 2 N–H and O–H groups in total. The highest BCUT2D eigenvalue weighted by molar-refractivity contribution is 6.58. The molecule has 0 radical (unpaired) electrons. The van der Waals surface area contributed by atoms with Crippen LogP contribution < -0.4 is 14.9 Å². The Balaban J connectivity index is 0.000000214. The van der Waals surface area contributed by atoms with Gasteiger partial charge in [0.15, 0.2) is 12.6 Å². The summed E-state index contributed by atoms with van der Waals surface area (Å²) in [5, 5.41) is 18.3. The molecule has 2 aromatic heterocycles. The average Bonchev–Trinajstić information content (AvgIpc) is 2.92. The molecule has 14 heteroatoms. The molecule has 0 aliphatic rings. The lowest BCUT2D eigenvalue weighted by Crippen LogP contribution is -2.30. The third-order valence-corrected chi connectivity index (χ3v) is 5.12. The van der Waals surface area contributed by atoms with Crippen molar-refractivity contribution in [1.29, 1.82) is 0 Å². The highest BCUT2D eigenvalue weighted by Gasteiger charge is 2.13. The molecule has 0 bridgehead atoms. The zero-order valence-corrected chi connectivity index (χ0v) is 22.2. The number of benzene rings is 2. The second-order valence-electron chi connectivity index (χ2n) is 6.93. The summed E-state index contributed by atoms with van der Waals surface area (Å²) in [4.78, 5) is 36.5. The third-order valence-electron chi connectivity index (χ3n) is 4.55. The van der Waals surface area contributed by atoms with Gasteiger partial charge in [-0.2, -0.15) is 0 Å². The molecular weight excluding hydrogens is 557 g/mol. The minimum Gasteiger partial charge on any atom is -0.496 e. The fourth-order valence-electron chi connectivity index (χ4n) is 2.80. The topological polar surface area (TPSA) is 145 Å². The minimum atomic E-state index is -1.57. The van der Waals surface area contributed by atoms with Gasteiger partial charge in [-0.3, -0.25) is 9.59 Å². The lowest BCUT2D eigenvalue weighted by molar-refractivity contribution is 0.111. The van der Waals surface area contributed by atoms with E-state index in [0.717, 1.165) is 11.8 Å². The predicted octanol–water partition coefficient (Wildman–Crippen LogP) is 3.59. The molecule has 4 rings (SSSR count). The molecule has 0 atom stereocenters. The third kappa shape index (κ3) is 9.36. The normalized spacial score (nSPS) is 9.66. The summed E-state index contributed by atoms with van der Waals surface area (Å²) in [6.07, 6.45) is 4.41. The number of aldehydes is 2. The molecule has 4 aromatic rings. The van der Waals surface area contributed by atoms with Crippen molar-refractivity contribution < 1.29 is 29.1 Å². The highest BCUT2D eigenvalue weighted by atomic mass is 35.5. The van der Waals surface area contributed by atoms with Crippen molar-refractivity contribution in [1.82, 2.24) is 19.9 Å². The van der Waals surface area contributed by atoms with Crippen LogP contribution in [0.3, 0.4) is 0 Å².